The molecule has 0 saturated carbocycles. The van der Waals surface area contributed by atoms with Crippen molar-refractivity contribution in [3.63, 3.8) is 0 Å². The van der Waals surface area contributed by atoms with E-state index in [2.05, 4.69) is 27.7 Å². The maximum atomic E-state index is 5.64. The van der Waals surface area contributed by atoms with E-state index in [1.807, 2.05) is 0 Å². The zero-order valence-corrected chi connectivity index (χ0v) is 7.78. The van der Waals surface area contributed by atoms with E-state index in [0.29, 0.717) is 5.41 Å². The van der Waals surface area contributed by atoms with Gasteiger partial charge >= 0.3 is 0 Å². The Balaban J connectivity index is 3.78. The summed E-state index contributed by atoms with van der Waals surface area (Å²) in [5, 5.41) is 0. The van der Waals surface area contributed by atoms with E-state index in [1.165, 1.54) is 12.8 Å². The molecule has 1 nitrogen and oxygen atoms in total. The molecule has 0 aliphatic heterocycles. The standard InChI is InChI=1S/C9H21N/c1-5-6-8(2)9(3,4)7-10/h8H,5-7,10H2,1-4H3. The fraction of sp³-hybridized carbons (Fsp3) is 1.00. The van der Waals surface area contributed by atoms with Crippen LogP contribution < -0.4 is 5.73 Å². The predicted molar refractivity (Wildman–Crippen MR) is 46.9 cm³/mol. The van der Waals surface area contributed by atoms with E-state index in [9.17, 15) is 0 Å². The molecule has 10 heavy (non-hydrogen) atoms. The molecule has 0 saturated heterocycles. The van der Waals surface area contributed by atoms with Crippen LogP contribution in [0.2, 0.25) is 0 Å². The molecular weight excluding hydrogens is 122 g/mol. The Morgan fingerprint density at radius 3 is 2.20 bits per heavy atom. The second-order valence-electron chi connectivity index (χ2n) is 3.88. The highest BCUT2D eigenvalue weighted by Crippen LogP contribution is 2.28. The van der Waals surface area contributed by atoms with E-state index in [0.717, 1.165) is 12.5 Å². The smallest absolute Gasteiger partial charge is 0.00233 e. The van der Waals surface area contributed by atoms with Crippen molar-refractivity contribution in [1.29, 1.82) is 0 Å². The minimum Gasteiger partial charge on any atom is -0.330 e. The van der Waals surface area contributed by atoms with E-state index in [-0.39, 0.29) is 0 Å². The molecule has 1 atom stereocenters. The lowest BCUT2D eigenvalue weighted by atomic mass is 9.78. The zero-order chi connectivity index (χ0) is 8.20. The van der Waals surface area contributed by atoms with Gasteiger partial charge < -0.3 is 5.73 Å². The average molecular weight is 143 g/mol. The van der Waals surface area contributed by atoms with E-state index in [1.54, 1.807) is 0 Å². The summed E-state index contributed by atoms with van der Waals surface area (Å²) in [6.45, 7) is 9.80. The van der Waals surface area contributed by atoms with Gasteiger partial charge in [0, 0.05) is 0 Å². The molecule has 0 rings (SSSR count). The van der Waals surface area contributed by atoms with Crippen molar-refractivity contribution in [3.05, 3.63) is 0 Å². The van der Waals surface area contributed by atoms with Gasteiger partial charge in [0.15, 0.2) is 0 Å². The molecular formula is C9H21N. The van der Waals surface area contributed by atoms with Crippen molar-refractivity contribution in [3.8, 4) is 0 Å². The zero-order valence-electron chi connectivity index (χ0n) is 7.78. The molecule has 0 aromatic carbocycles. The average Bonchev–Trinajstić information content (AvgIpc) is 1.89. The second-order valence-corrected chi connectivity index (χ2v) is 3.88. The van der Waals surface area contributed by atoms with Crippen molar-refractivity contribution in [1.82, 2.24) is 0 Å². The molecule has 0 aromatic rings. The lowest BCUT2D eigenvalue weighted by Gasteiger charge is -2.29. The summed E-state index contributed by atoms with van der Waals surface area (Å²) < 4.78 is 0. The van der Waals surface area contributed by atoms with Crippen LogP contribution in [-0.4, -0.2) is 6.54 Å². The predicted octanol–water partition coefficient (Wildman–Crippen LogP) is 2.41. The van der Waals surface area contributed by atoms with Crippen molar-refractivity contribution in [2.75, 3.05) is 6.54 Å². The Morgan fingerprint density at radius 2 is 1.90 bits per heavy atom. The van der Waals surface area contributed by atoms with Gasteiger partial charge in [-0.3, -0.25) is 0 Å². The molecule has 0 aliphatic carbocycles. The second kappa shape index (κ2) is 3.97. The van der Waals surface area contributed by atoms with Crippen LogP contribution in [-0.2, 0) is 0 Å². The van der Waals surface area contributed by atoms with E-state index < -0.39 is 0 Å². The quantitative estimate of drug-likeness (QED) is 0.642. The number of hydrogen-bond acceptors (Lipinski definition) is 1. The minimum absolute atomic E-state index is 0.329. The summed E-state index contributed by atoms with van der Waals surface area (Å²) in [4.78, 5) is 0. The summed E-state index contributed by atoms with van der Waals surface area (Å²) in [7, 11) is 0. The molecule has 2 N–H and O–H groups in total. The van der Waals surface area contributed by atoms with Crippen molar-refractivity contribution < 1.29 is 0 Å². The van der Waals surface area contributed by atoms with Gasteiger partial charge in [0.2, 0.25) is 0 Å². The molecule has 0 aliphatic rings. The van der Waals surface area contributed by atoms with Gasteiger partial charge in [-0.1, -0.05) is 40.5 Å². The van der Waals surface area contributed by atoms with Gasteiger partial charge in [0.25, 0.3) is 0 Å². The number of nitrogens with two attached hydrogens (primary N) is 1. The normalized spacial score (nSPS) is 15.3. The first-order valence-electron chi connectivity index (χ1n) is 4.24. The number of hydrogen-bond donors (Lipinski definition) is 1. The van der Waals surface area contributed by atoms with Crippen molar-refractivity contribution >= 4 is 0 Å². The van der Waals surface area contributed by atoms with E-state index >= 15 is 0 Å². The van der Waals surface area contributed by atoms with Crippen LogP contribution in [0.1, 0.15) is 40.5 Å². The molecule has 1 heteroatoms. The topological polar surface area (TPSA) is 26.0 Å². The molecule has 0 spiro atoms. The van der Waals surface area contributed by atoms with Gasteiger partial charge in [-0.15, -0.1) is 0 Å². The highest BCUT2D eigenvalue weighted by Gasteiger charge is 2.22. The van der Waals surface area contributed by atoms with Gasteiger partial charge in [-0.05, 0) is 17.9 Å². The molecule has 0 aromatic heterocycles. The highest BCUT2D eigenvalue weighted by molar-refractivity contribution is 4.75. The molecule has 0 radical (unpaired) electrons. The Hall–Kier alpha value is -0.0400. The maximum absolute atomic E-state index is 5.64. The fourth-order valence-electron chi connectivity index (χ4n) is 1.02. The van der Waals surface area contributed by atoms with Crippen molar-refractivity contribution in [2.45, 2.75) is 40.5 Å². The first kappa shape index (κ1) is 9.96. The maximum Gasteiger partial charge on any atom is -0.00233 e. The van der Waals surface area contributed by atoms with Crippen LogP contribution >= 0.6 is 0 Å². The van der Waals surface area contributed by atoms with Crippen LogP contribution in [0.5, 0.6) is 0 Å². The van der Waals surface area contributed by atoms with Crippen LogP contribution in [0, 0.1) is 11.3 Å². The Labute approximate surface area is 65.0 Å². The van der Waals surface area contributed by atoms with Gasteiger partial charge in [0.1, 0.15) is 0 Å². The van der Waals surface area contributed by atoms with Gasteiger partial charge in [-0.2, -0.15) is 0 Å². The third-order valence-corrected chi connectivity index (χ3v) is 2.58. The fourth-order valence-corrected chi connectivity index (χ4v) is 1.02. The van der Waals surface area contributed by atoms with Crippen LogP contribution in [0.25, 0.3) is 0 Å². The molecule has 0 fully saturated rings. The highest BCUT2D eigenvalue weighted by atomic mass is 14.6. The first-order chi connectivity index (χ1) is 4.54. The molecule has 0 heterocycles. The van der Waals surface area contributed by atoms with Crippen LogP contribution in [0.15, 0.2) is 0 Å². The minimum atomic E-state index is 0.329. The Morgan fingerprint density at radius 1 is 1.40 bits per heavy atom. The molecule has 1 unspecified atom stereocenters. The molecule has 0 bridgehead atoms. The van der Waals surface area contributed by atoms with Crippen LogP contribution in [0.3, 0.4) is 0 Å². The molecule has 62 valence electrons. The summed E-state index contributed by atoms with van der Waals surface area (Å²) in [5.41, 5.74) is 5.97. The molecule has 0 amide bonds. The first-order valence-corrected chi connectivity index (χ1v) is 4.24. The summed E-state index contributed by atoms with van der Waals surface area (Å²) in [6, 6.07) is 0. The van der Waals surface area contributed by atoms with Crippen molar-refractivity contribution in [2.24, 2.45) is 17.1 Å². The monoisotopic (exact) mass is 143 g/mol. The third-order valence-electron chi connectivity index (χ3n) is 2.58. The lowest BCUT2D eigenvalue weighted by molar-refractivity contribution is 0.226. The SMILES string of the molecule is CCCC(C)C(C)(C)CN. The Bertz CT molecular complexity index is 86.7. The van der Waals surface area contributed by atoms with Crippen LogP contribution in [0.4, 0.5) is 0 Å². The number of rotatable bonds is 4. The van der Waals surface area contributed by atoms with Gasteiger partial charge in [-0.25, -0.2) is 0 Å². The summed E-state index contributed by atoms with van der Waals surface area (Å²) in [6.07, 6.45) is 2.56. The Kier molecular flexibility index (Phi) is 3.95. The van der Waals surface area contributed by atoms with E-state index in [4.69, 9.17) is 5.73 Å². The summed E-state index contributed by atoms with van der Waals surface area (Å²) >= 11 is 0. The lowest BCUT2D eigenvalue weighted by Crippen LogP contribution is -2.30. The largest absolute Gasteiger partial charge is 0.330 e. The van der Waals surface area contributed by atoms with Gasteiger partial charge in [0.05, 0.1) is 0 Å². The summed E-state index contributed by atoms with van der Waals surface area (Å²) in [5.74, 6) is 0.752. The third kappa shape index (κ3) is 2.70.